The molecular weight excluding hydrogens is 354 g/mol. The van der Waals surface area contributed by atoms with E-state index in [1.54, 1.807) is 6.08 Å². The molecule has 0 heterocycles. The molecule has 2 saturated carbocycles. The van der Waals surface area contributed by atoms with Crippen LogP contribution < -0.4 is 0 Å². The molecule has 148 valence electrons. The molecule has 4 rings (SSSR count). The van der Waals surface area contributed by atoms with Gasteiger partial charge in [-0.15, -0.1) is 0 Å². The summed E-state index contributed by atoms with van der Waals surface area (Å²) < 4.78 is 0. The summed E-state index contributed by atoms with van der Waals surface area (Å²) in [7, 11) is 0. The Balaban J connectivity index is 1.88. The fraction of sp³-hybridized carbons (Fsp3) is 0.636. The third-order valence-corrected chi connectivity index (χ3v) is 8.44. The Kier molecular flexibility index (Phi) is 4.05. The van der Waals surface area contributed by atoms with Crippen LogP contribution in [0.3, 0.4) is 0 Å². The summed E-state index contributed by atoms with van der Waals surface area (Å²) in [5.74, 6) is 0.230. The smallest absolute Gasteiger partial charge is 0.166 e. The Morgan fingerprint density at radius 2 is 2.07 bits per heavy atom. The molecule has 6 nitrogen and oxygen atoms in total. The van der Waals surface area contributed by atoms with Gasteiger partial charge in [-0.1, -0.05) is 31.6 Å². The monoisotopic (exact) mass is 381 g/mol. The highest BCUT2D eigenvalue weighted by atomic mass is 16.3. The van der Waals surface area contributed by atoms with Crippen LogP contribution in [0.25, 0.3) is 10.4 Å². The van der Waals surface area contributed by atoms with Gasteiger partial charge in [-0.05, 0) is 78.5 Å². The zero-order valence-corrected chi connectivity index (χ0v) is 16.7. The molecule has 0 aromatic rings. The summed E-state index contributed by atoms with van der Waals surface area (Å²) in [6.07, 6.45) is 7.06. The van der Waals surface area contributed by atoms with E-state index in [2.05, 4.69) is 23.5 Å². The van der Waals surface area contributed by atoms with Crippen molar-refractivity contribution in [1.29, 1.82) is 0 Å². The summed E-state index contributed by atoms with van der Waals surface area (Å²) in [6.45, 7) is 9.70. The lowest BCUT2D eigenvalue weighted by Crippen LogP contribution is -2.57. The van der Waals surface area contributed by atoms with Crippen LogP contribution in [0.4, 0.5) is 0 Å². The summed E-state index contributed by atoms with van der Waals surface area (Å²) in [5, 5.41) is 15.3. The lowest BCUT2D eigenvalue weighted by molar-refractivity contribution is -0.151. The van der Waals surface area contributed by atoms with Gasteiger partial charge in [0.05, 0.1) is 0 Å². The van der Waals surface area contributed by atoms with Gasteiger partial charge in [0.2, 0.25) is 0 Å². The minimum Gasteiger partial charge on any atom is -0.377 e. The lowest BCUT2D eigenvalue weighted by atomic mass is 9.47. The van der Waals surface area contributed by atoms with Gasteiger partial charge in [0, 0.05) is 22.4 Å². The second-order valence-electron chi connectivity index (χ2n) is 9.50. The fourth-order valence-corrected chi connectivity index (χ4v) is 6.87. The summed E-state index contributed by atoms with van der Waals surface area (Å²) in [5.41, 5.74) is 8.75. The van der Waals surface area contributed by atoms with Gasteiger partial charge in [0.15, 0.2) is 11.6 Å². The second kappa shape index (κ2) is 5.91. The molecule has 0 unspecified atom stereocenters. The minimum absolute atomic E-state index is 0.0487. The van der Waals surface area contributed by atoms with Crippen molar-refractivity contribution in [1.82, 2.24) is 0 Å². The van der Waals surface area contributed by atoms with Gasteiger partial charge in [-0.2, -0.15) is 0 Å². The largest absolute Gasteiger partial charge is 0.377 e. The Bertz CT molecular complexity index is 912. The normalized spacial score (nSPS) is 44.5. The number of azide groups is 1. The molecule has 0 radical (unpaired) electrons. The summed E-state index contributed by atoms with van der Waals surface area (Å²) in [4.78, 5) is 27.5. The van der Waals surface area contributed by atoms with Crippen molar-refractivity contribution >= 4 is 11.6 Å². The molecular formula is C22H27N3O3. The van der Waals surface area contributed by atoms with Crippen molar-refractivity contribution in [2.24, 2.45) is 33.7 Å². The molecule has 6 atom stereocenters. The molecule has 0 bridgehead atoms. The van der Waals surface area contributed by atoms with Gasteiger partial charge >= 0.3 is 0 Å². The number of fused-ring (bicyclic) bond motifs is 5. The van der Waals surface area contributed by atoms with Crippen LogP contribution in [0.5, 0.6) is 0 Å². The predicted molar refractivity (Wildman–Crippen MR) is 105 cm³/mol. The van der Waals surface area contributed by atoms with E-state index in [1.807, 2.05) is 13.0 Å². The first kappa shape index (κ1) is 19.2. The van der Waals surface area contributed by atoms with Crippen LogP contribution in [-0.2, 0) is 9.59 Å². The average Bonchev–Trinajstić information content (AvgIpc) is 2.85. The van der Waals surface area contributed by atoms with Crippen LogP contribution in [0.15, 0.2) is 40.7 Å². The van der Waals surface area contributed by atoms with Crippen molar-refractivity contribution in [3.05, 3.63) is 46.0 Å². The predicted octanol–water partition coefficient (Wildman–Crippen LogP) is 4.42. The SMILES string of the molecule is C=C1C[C@H]2[C@@H]3C=C(N=[N+]=[N-])C4=CC(=O)CC[C@]4(C)[C@H]3CC[C@]2(C)[C@@]1(O)C(C)=O. The third-order valence-electron chi connectivity index (χ3n) is 8.44. The van der Waals surface area contributed by atoms with Crippen LogP contribution in [0.2, 0.25) is 0 Å². The number of nitrogens with zero attached hydrogens (tertiary/aromatic N) is 3. The number of Topliss-reactive ketones (excluding diaryl/α,β-unsaturated/α-hetero) is 1. The van der Waals surface area contributed by atoms with E-state index >= 15 is 0 Å². The van der Waals surface area contributed by atoms with E-state index < -0.39 is 11.0 Å². The van der Waals surface area contributed by atoms with Gasteiger partial charge < -0.3 is 5.11 Å². The second-order valence-corrected chi connectivity index (χ2v) is 9.50. The van der Waals surface area contributed by atoms with E-state index in [1.165, 1.54) is 6.92 Å². The Hall–Kier alpha value is -2.17. The highest BCUT2D eigenvalue weighted by Gasteiger charge is 2.66. The van der Waals surface area contributed by atoms with Crippen molar-refractivity contribution in [2.75, 3.05) is 0 Å². The lowest BCUT2D eigenvalue weighted by Gasteiger charge is -2.57. The molecule has 0 saturated heterocycles. The molecule has 2 fully saturated rings. The number of carbonyl (C=O) groups is 2. The quantitative estimate of drug-likeness (QED) is 0.331. The minimum atomic E-state index is -1.51. The number of hydrogen-bond acceptors (Lipinski definition) is 4. The van der Waals surface area contributed by atoms with Crippen molar-refractivity contribution in [3.8, 4) is 0 Å². The maximum atomic E-state index is 12.5. The first-order valence-electron chi connectivity index (χ1n) is 10.0. The van der Waals surface area contributed by atoms with Crippen molar-refractivity contribution in [2.45, 2.75) is 58.5 Å². The summed E-state index contributed by atoms with van der Waals surface area (Å²) in [6, 6.07) is 0. The van der Waals surface area contributed by atoms with Gasteiger partial charge in [0.1, 0.15) is 5.60 Å². The van der Waals surface area contributed by atoms with Crippen LogP contribution in [0, 0.1) is 28.6 Å². The van der Waals surface area contributed by atoms with Gasteiger partial charge in [-0.3, -0.25) is 9.59 Å². The van der Waals surface area contributed by atoms with E-state index in [-0.39, 0.29) is 34.7 Å². The Labute approximate surface area is 165 Å². The standard InChI is InChI=1S/C22H27N3O3/c1-12-9-17-15-11-19(24-25-23)18-10-14(27)5-7-20(18,3)16(15)6-8-21(17,4)22(12,28)13(2)26/h10-11,15-17,28H,1,5-9H2,2-4H3/t15-,16+,17+,20-,21+,22+/m1/s1. The highest BCUT2D eigenvalue weighted by molar-refractivity contribution is 5.93. The number of hydrogen-bond donors (Lipinski definition) is 1. The van der Waals surface area contributed by atoms with Crippen molar-refractivity contribution < 1.29 is 14.7 Å². The first-order valence-corrected chi connectivity index (χ1v) is 10.0. The third kappa shape index (κ3) is 2.16. The van der Waals surface area contributed by atoms with Crippen LogP contribution in [0.1, 0.15) is 52.9 Å². The summed E-state index contributed by atoms with van der Waals surface area (Å²) >= 11 is 0. The molecule has 4 aliphatic carbocycles. The number of ketones is 2. The van der Waals surface area contributed by atoms with Crippen LogP contribution >= 0.6 is 0 Å². The van der Waals surface area contributed by atoms with Crippen LogP contribution in [-0.4, -0.2) is 22.3 Å². The zero-order valence-electron chi connectivity index (χ0n) is 16.7. The van der Waals surface area contributed by atoms with E-state index in [9.17, 15) is 14.7 Å². The van der Waals surface area contributed by atoms with E-state index in [0.717, 1.165) is 24.8 Å². The maximum Gasteiger partial charge on any atom is 0.166 e. The molecule has 0 aromatic carbocycles. The number of aliphatic hydroxyl groups is 1. The maximum absolute atomic E-state index is 12.5. The molecule has 4 aliphatic rings. The first-order chi connectivity index (χ1) is 13.1. The van der Waals surface area contributed by atoms with Crippen molar-refractivity contribution in [3.63, 3.8) is 0 Å². The Morgan fingerprint density at radius 3 is 2.71 bits per heavy atom. The molecule has 6 heteroatoms. The van der Waals surface area contributed by atoms with E-state index in [4.69, 9.17) is 5.53 Å². The number of carbonyl (C=O) groups excluding carboxylic acids is 2. The molecule has 0 aliphatic heterocycles. The molecule has 0 spiro atoms. The topological polar surface area (TPSA) is 103 Å². The van der Waals surface area contributed by atoms with E-state index in [0.29, 0.717) is 24.1 Å². The number of allylic oxidation sites excluding steroid dienone is 3. The molecule has 1 N–H and O–H groups in total. The van der Waals surface area contributed by atoms with Gasteiger partial charge in [-0.25, -0.2) is 0 Å². The average molecular weight is 381 g/mol. The zero-order chi connectivity index (χ0) is 20.5. The highest BCUT2D eigenvalue weighted by Crippen LogP contribution is 2.68. The molecule has 28 heavy (non-hydrogen) atoms. The number of rotatable bonds is 2. The molecule has 0 aromatic heterocycles. The van der Waals surface area contributed by atoms with Gasteiger partial charge in [0.25, 0.3) is 0 Å². The Morgan fingerprint density at radius 1 is 1.36 bits per heavy atom. The fourth-order valence-electron chi connectivity index (χ4n) is 6.87. The molecule has 0 amide bonds.